The van der Waals surface area contributed by atoms with Crippen molar-refractivity contribution in [3.63, 3.8) is 0 Å². The van der Waals surface area contributed by atoms with Crippen LogP contribution in [0.15, 0.2) is 34.8 Å². The highest BCUT2D eigenvalue weighted by atomic mass is 79.9. The van der Waals surface area contributed by atoms with Gasteiger partial charge < -0.3 is 14.6 Å². The van der Waals surface area contributed by atoms with Gasteiger partial charge in [0.15, 0.2) is 0 Å². The second-order valence-corrected chi connectivity index (χ2v) is 5.74. The van der Waals surface area contributed by atoms with Crippen molar-refractivity contribution in [2.24, 2.45) is 0 Å². The van der Waals surface area contributed by atoms with Gasteiger partial charge in [0.25, 0.3) is 0 Å². The van der Waals surface area contributed by atoms with Crippen molar-refractivity contribution >= 4 is 15.9 Å². The van der Waals surface area contributed by atoms with Gasteiger partial charge in [-0.3, -0.25) is 0 Å². The van der Waals surface area contributed by atoms with E-state index in [1.54, 1.807) is 14.2 Å². The van der Waals surface area contributed by atoms with E-state index in [1.807, 2.05) is 37.3 Å². The summed E-state index contributed by atoms with van der Waals surface area (Å²) in [5.41, 5.74) is 3.90. The van der Waals surface area contributed by atoms with Crippen molar-refractivity contribution in [1.29, 1.82) is 0 Å². The number of hydrogen-bond acceptors (Lipinski definition) is 3. The van der Waals surface area contributed by atoms with Crippen molar-refractivity contribution in [3.8, 4) is 11.5 Å². The highest BCUT2D eigenvalue weighted by Crippen LogP contribution is 2.41. The summed E-state index contributed by atoms with van der Waals surface area (Å²) in [7, 11) is 3.18. The van der Waals surface area contributed by atoms with E-state index in [-0.39, 0.29) is 0 Å². The van der Waals surface area contributed by atoms with E-state index in [2.05, 4.69) is 22.9 Å². The lowest BCUT2D eigenvalue weighted by atomic mass is 9.97. The molecule has 0 aliphatic carbocycles. The molecular formula is C17H19BrO3. The van der Waals surface area contributed by atoms with Gasteiger partial charge in [-0.1, -0.05) is 18.2 Å². The summed E-state index contributed by atoms with van der Waals surface area (Å²) in [5, 5.41) is 10.7. The van der Waals surface area contributed by atoms with Gasteiger partial charge in [-0.05, 0) is 58.6 Å². The zero-order valence-corrected chi connectivity index (χ0v) is 14.2. The second kappa shape index (κ2) is 6.50. The first-order valence-corrected chi connectivity index (χ1v) is 7.44. The third kappa shape index (κ3) is 3.06. The molecule has 1 unspecified atom stereocenters. The number of halogens is 1. The summed E-state index contributed by atoms with van der Waals surface area (Å²) in [6.07, 6.45) is -0.749. The molecule has 0 fully saturated rings. The van der Waals surface area contributed by atoms with E-state index in [9.17, 15) is 5.11 Å². The molecule has 0 heterocycles. The molecule has 0 aromatic heterocycles. The van der Waals surface area contributed by atoms with Crippen molar-refractivity contribution in [1.82, 2.24) is 0 Å². The Morgan fingerprint density at radius 2 is 1.71 bits per heavy atom. The van der Waals surface area contributed by atoms with Crippen LogP contribution in [-0.2, 0) is 0 Å². The topological polar surface area (TPSA) is 38.7 Å². The van der Waals surface area contributed by atoms with Crippen LogP contribution in [0.3, 0.4) is 0 Å². The SMILES string of the molecule is COc1ccc(C(O)c2ccc(C)c(C)c2)c(OC)c1Br. The third-order valence-corrected chi connectivity index (χ3v) is 4.41. The zero-order valence-electron chi connectivity index (χ0n) is 12.6. The molecule has 0 saturated heterocycles. The van der Waals surface area contributed by atoms with Crippen LogP contribution >= 0.6 is 15.9 Å². The number of benzene rings is 2. The minimum atomic E-state index is -0.749. The number of aryl methyl sites for hydroxylation is 2. The Morgan fingerprint density at radius 1 is 1.00 bits per heavy atom. The lowest BCUT2D eigenvalue weighted by molar-refractivity contribution is 0.214. The van der Waals surface area contributed by atoms with Gasteiger partial charge in [0.05, 0.1) is 14.2 Å². The van der Waals surface area contributed by atoms with Gasteiger partial charge in [0.2, 0.25) is 0 Å². The maximum atomic E-state index is 10.7. The summed E-state index contributed by atoms with van der Waals surface area (Å²) in [4.78, 5) is 0. The van der Waals surface area contributed by atoms with Crippen molar-refractivity contribution < 1.29 is 14.6 Å². The molecule has 0 amide bonds. The van der Waals surface area contributed by atoms with Crippen LogP contribution < -0.4 is 9.47 Å². The fraction of sp³-hybridized carbons (Fsp3) is 0.294. The Hall–Kier alpha value is -1.52. The van der Waals surface area contributed by atoms with E-state index in [0.717, 1.165) is 11.1 Å². The van der Waals surface area contributed by atoms with Crippen LogP contribution in [0.1, 0.15) is 28.4 Å². The first-order chi connectivity index (χ1) is 9.99. The standard InChI is InChI=1S/C17H19BrO3/c1-10-5-6-12(9-11(10)2)16(19)13-7-8-14(20-3)15(18)17(13)21-4/h5-9,16,19H,1-4H3. The number of methoxy groups -OCH3 is 2. The summed E-state index contributed by atoms with van der Waals surface area (Å²) in [6, 6.07) is 9.58. The van der Waals surface area contributed by atoms with Gasteiger partial charge in [0.1, 0.15) is 22.1 Å². The third-order valence-electron chi connectivity index (χ3n) is 3.66. The van der Waals surface area contributed by atoms with Gasteiger partial charge in [-0.2, -0.15) is 0 Å². The van der Waals surface area contributed by atoms with Crippen LogP contribution in [0.2, 0.25) is 0 Å². The number of aliphatic hydroxyl groups is 1. The number of hydrogen-bond donors (Lipinski definition) is 1. The number of ether oxygens (including phenoxy) is 2. The maximum Gasteiger partial charge on any atom is 0.142 e. The second-order valence-electron chi connectivity index (χ2n) is 4.95. The molecule has 2 rings (SSSR count). The van der Waals surface area contributed by atoms with Crippen LogP contribution in [0, 0.1) is 13.8 Å². The molecule has 2 aromatic carbocycles. The molecule has 2 aromatic rings. The minimum absolute atomic E-state index is 0.583. The predicted molar refractivity (Wildman–Crippen MR) is 87.2 cm³/mol. The average molecular weight is 351 g/mol. The van der Waals surface area contributed by atoms with Crippen molar-refractivity contribution in [3.05, 3.63) is 57.1 Å². The molecular weight excluding hydrogens is 332 g/mol. The van der Waals surface area contributed by atoms with Gasteiger partial charge in [0, 0.05) is 5.56 Å². The maximum absolute atomic E-state index is 10.7. The van der Waals surface area contributed by atoms with Crippen molar-refractivity contribution in [2.75, 3.05) is 14.2 Å². The minimum Gasteiger partial charge on any atom is -0.495 e. The quantitative estimate of drug-likeness (QED) is 0.899. The number of aliphatic hydroxyl groups excluding tert-OH is 1. The van der Waals surface area contributed by atoms with Crippen LogP contribution in [0.4, 0.5) is 0 Å². The lowest BCUT2D eigenvalue weighted by Gasteiger charge is -2.18. The molecule has 0 aliphatic heterocycles. The van der Waals surface area contributed by atoms with E-state index >= 15 is 0 Å². The van der Waals surface area contributed by atoms with E-state index in [1.165, 1.54) is 5.56 Å². The highest BCUT2D eigenvalue weighted by molar-refractivity contribution is 9.10. The van der Waals surface area contributed by atoms with Crippen LogP contribution in [0.5, 0.6) is 11.5 Å². The molecule has 0 saturated carbocycles. The lowest BCUT2D eigenvalue weighted by Crippen LogP contribution is -2.04. The van der Waals surface area contributed by atoms with Gasteiger partial charge >= 0.3 is 0 Å². The van der Waals surface area contributed by atoms with E-state index in [0.29, 0.717) is 21.5 Å². The molecule has 0 radical (unpaired) electrons. The normalized spacial score (nSPS) is 12.1. The van der Waals surface area contributed by atoms with Gasteiger partial charge in [-0.25, -0.2) is 0 Å². The Morgan fingerprint density at radius 3 is 2.29 bits per heavy atom. The summed E-state index contributed by atoms with van der Waals surface area (Å²) < 4.78 is 11.4. The van der Waals surface area contributed by atoms with E-state index < -0.39 is 6.10 Å². The molecule has 4 heteroatoms. The fourth-order valence-electron chi connectivity index (χ4n) is 2.25. The zero-order chi connectivity index (χ0) is 15.6. The largest absolute Gasteiger partial charge is 0.495 e. The molecule has 0 bridgehead atoms. The monoisotopic (exact) mass is 350 g/mol. The van der Waals surface area contributed by atoms with E-state index in [4.69, 9.17) is 9.47 Å². The molecule has 1 N–H and O–H groups in total. The molecule has 112 valence electrons. The first-order valence-electron chi connectivity index (χ1n) is 6.65. The summed E-state index contributed by atoms with van der Waals surface area (Å²) >= 11 is 3.46. The smallest absolute Gasteiger partial charge is 0.142 e. The Labute approximate surface area is 133 Å². The Bertz CT molecular complexity index is 653. The molecule has 3 nitrogen and oxygen atoms in total. The Kier molecular flexibility index (Phi) is 4.91. The average Bonchev–Trinajstić information content (AvgIpc) is 2.49. The summed E-state index contributed by atoms with van der Waals surface area (Å²) in [6.45, 7) is 4.09. The highest BCUT2D eigenvalue weighted by Gasteiger charge is 2.20. The molecule has 0 aliphatic rings. The summed E-state index contributed by atoms with van der Waals surface area (Å²) in [5.74, 6) is 1.25. The molecule has 21 heavy (non-hydrogen) atoms. The van der Waals surface area contributed by atoms with Crippen molar-refractivity contribution in [2.45, 2.75) is 20.0 Å². The molecule has 1 atom stereocenters. The fourth-order valence-corrected chi connectivity index (χ4v) is 2.93. The first kappa shape index (κ1) is 15.9. The van der Waals surface area contributed by atoms with Gasteiger partial charge in [-0.15, -0.1) is 0 Å². The molecule has 0 spiro atoms. The Balaban J connectivity index is 2.50. The predicted octanol–water partition coefficient (Wildman–Crippen LogP) is 4.16. The van der Waals surface area contributed by atoms with Crippen LogP contribution in [0.25, 0.3) is 0 Å². The number of rotatable bonds is 4. The van der Waals surface area contributed by atoms with Crippen LogP contribution in [-0.4, -0.2) is 19.3 Å².